The van der Waals surface area contributed by atoms with Gasteiger partial charge in [-0.05, 0) is 25.9 Å². The van der Waals surface area contributed by atoms with E-state index in [-0.39, 0.29) is 6.04 Å². The molecular weight excluding hydrogens is 284 g/mol. The van der Waals surface area contributed by atoms with E-state index in [4.69, 9.17) is 11.6 Å². The number of imidazole rings is 1. The second-order valence-corrected chi connectivity index (χ2v) is 5.67. The van der Waals surface area contributed by atoms with E-state index in [0.717, 1.165) is 43.0 Å². The van der Waals surface area contributed by atoms with Crippen molar-refractivity contribution in [2.24, 2.45) is 7.05 Å². The summed E-state index contributed by atoms with van der Waals surface area (Å²) in [6.07, 6.45) is 2.28. The van der Waals surface area contributed by atoms with Gasteiger partial charge in [-0.1, -0.05) is 41.9 Å². The quantitative estimate of drug-likeness (QED) is 0.872. The smallest absolute Gasteiger partial charge is 0.153 e. The first-order valence-corrected chi connectivity index (χ1v) is 7.51. The van der Waals surface area contributed by atoms with E-state index in [1.807, 2.05) is 41.9 Å². The van der Waals surface area contributed by atoms with Gasteiger partial charge in [0.2, 0.25) is 0 Å². The molecule has 3 rings (SSSR count). The van der Waals surface area contributed by atoms with Gasteiger partial charge < -0.3 is 4.57 Å². The van der Waals surface area contributed by atoms with Crippen molar-refractivity contribution in [1.29, 1.82) is 5.26 Å². The van der Waals surface area contributed by atoms with E-state index in [1.54, 1.807) is 0 Å². The standard InChI is InChI=1S/C16H17ClN4/c1-20-14(13(11-18)21-9-5-6-10-21)15(17)19-16(20)12-7-3-2-4-8-12/h2-4,7-8,13H,5-6,9-10H2,1H3. The predicted molar refractivity (Wildman–Crippen MR) is 82.8 cm³/mol. The molecule has 0 bridgehead atoms. The highest BCUT2D eigenvalue weighted by Gasteiger charge is 2.29. The third-order valence-corrected chi connectivity index (χ3v) is 4.29. The zero-order valence-electron chi connectivity index (χ0n) is 12.0. The lowest BCUT2D eigenvalue weighted by atomic mass is 10.2. The van der Waals surface area contributed by atoms with Crippen molar-refractivity contribution in [2.45, 2.75) is 18.9 Å². The number of hydrogen-bond acceptors (Lipinski definition) is 3. The Hall–Kier alpha value is -1.83. The molecule has 0 N–H and O–H groups in total. The van der Waals surface area contributed by atoms with Gasteiger partial charge in [-0.3, -0.25) is 4.90 Å². The van der Waals surface area contributed by atoms with Gasteiger partial charge in [0.1, 0.15) is 11.9 Å². The summed E-state index contributed by atoms with van der Waals surface area (Å²) in [5, 5.41) is 10.0. The first kappa shape index (κ1) is 14.1. The van der Waals surface area contributed by atoms with Crippen LogP contribution in [0.3, 0.4) is 0 Å². The van der Waals surface area contributed by atoms with E-state index < -0.39 is 0 Å². The molecular formula is C16H17ClN4. The van der Waals surface area contributed by atoms with E-state index in [1.165, 1.54) is 0 Å². The van der Waals surface area contributed by atoms with Crippen molar-refractivity contribution in [3.05, 3.63) is 41.2 Å². The molecule has 1 aliphatic rings. The number of rotatable bonds is 3. The number of nitrogens with zero attached hydrogens (tertiary/aromatic N) is 4. The Morgan fingerprint density at radius 1 is 1.24 bits per heavy atom. The minimum absolute atomic E-state index is 0.324. The van der Waals surface area contributed by atoms with Crippen LogP contribution in [0.25, 0.3) is 11.4 Å². The Bertz CT molecular complexity index is 666. The molecule has 1 aliphatic heterocycles. The number of likely N-dealkylation sites (tertiary alicyclic amines) is 1. The molecule has 1 saturated heterocycles. The van der Waals surface area contributed by atoms with Crippen molar-refractivity contribution in [1.82, 2.24) is 14.5 Å². The lowest BCUT2D eigenvalue weighted by Gasteiger charge is -2.22. The molecule has 1 atom stereocenters. The van der Waals surface area contributed by atoms with E-state index in [9.17, 15) is 5.26 Å². The molecule has 1 aromatic carbocycles. The topological polar surface area (TPSA) is 44.9 Å². The second kappa shape index (κ2) is 5.88. The highest BCUT2D eigenvalue weighted by molar-refractivity contribution is 6.30. The molecule has 0 aliphatic carbocycles. The molecule has 0 saturated carbocycles. The fraction of sp³-hybridized carbons (Fsp3) is 0.375. The molecule has 1 aromatic heterocycles. The van der Waals surface area contributed by atoms with Crippen LogP contribution in [-0.2, 0) is 7.05 Å². The van der Waals surface area contributed by atoms with Crippen LogP contribution in [0.5, 0.6) is 0 Å². The average molecular weight is 301 g/mol. The Kier molecular flexibility index (Phi) is 3.96. The Balaban J connectivity index is 2.03. The average Bonchev–Trinajstić information content (AvgIpc) is 3.12. The number of halogens is 1. The normalized spacial score (nSPS) is 16.8. The third-order valence-electron chi connectivity index (χ3n) is 4.01. The highest BCUT2D eigenvalue weighted by atomic mass is 35.5. The van der Waals surface area contributed by atoms with Gasteiger partial charge >= 0.3 is 0 Å². The maximum atomic E-state index is 9.58. The zero-order chi connectivity index (χ0) is 14.8. The Labute approximate surface area is 129 Å². The van der Waals surface area contributed by atoms with Crippen LogP contribution in [0.15, 0.2) is 30.3 Å². The molecule has 4 nitrogen and oxygen atoms in total. The number of nitriles is 1. The Morgan fingerprint density at radius 3 is 2.52 bits per heavy atom. The summed E-state index contributed by atoms with van der Waals surface area (Å²) in [5.74, 6) is 0.801. The van der Waals surface area contributed by atoms with Gasteiger partial charge in [0, 0.05) is 12.6 Å². The summed E-state index contributed by atoms with van der Waals surface area (Å²) in [7, 11) is 1.93. The van der Waals surface area contributed by atoms with Crippen molar-refractivity contribution in [2.75, 3.05) is 13.1 Å². The number of hydrogen-bond donors (Lipinski definition) is 0. The molecule has 0 spiro atoms. The van der Waals surface area contributed by atoms with Crippen LogP contribution in [0, 0.1) is 11.3 Å². The number of benzene rings is 1. The van der Waals surface area contributed by atoms with Gasteiger partial charge in [-0.25, -0.2) is 4.98 Å². The van der Waals surface area contributed by atoms with E-state index >= 15 is 0 Å². The second-order valence-electron chi connectivity index (χ2n) is 5.31. The van der Waals surface area contributed by atoms with Crippen molar-refractivity contribution in [3.63, 3.8) is 0 Å². The maximum absolute atomic E-state index is 9.58. The summed E-state index contributed by atoms with van der Waals surface area (Å²) in [6, 6.07) is 12.0. The van der Waals surface area contributed by atoms with Crippen molar-refractivity contribution in [3.8, 4) is 17.5 Å². The van der Waals surface area contributed by atoms with Crippen LogP contribution >= 0.6 is 11.6 Å². The minimum Gasteiger partial charge on any atom is -0.327 e. The summed E-state index contributed by atoms with van der Waals surface area (Å²) in [5.41, 5.74) is 1.80. The van der Waals surface area contributed by atoms with Crippen molar-refractivity contribution >= 4 is 11.6 Å². The van der Waals surface area contributed by atoms with Crippen LogP contribution < -0.4 is 0 Å². The molecule has 21 heavy (non-hydrogen) atoms. The van der Waals surface area contributed by atoms with Crippen LogP contribution in [0.4, 0.5) is 0 Å². The molecule has 2 heterocycles. The minimum atomic E-state index is -0.324. The first-order chi connectivity index (χ1) is 10.2. The maximum Gasteiger partial charge on any atom is 0.153 e. The fourth-order valence-corrected chi connectivity index (χ4v) is 3.25. The van der Waals surface area contributed by atoms with Crippen LogP contribution in [0.2, 0.25) is 5.15 Å². The summed E-state index contributed by atoms with van der Waals surface area (Å²) in [6.45, 7) is 1.89. The molecule has 1 fully saturated rings. The SMILES string of the molecule is Cn1c(-c2ccccc2)nc(Cl)c1C(C#N)N1CCCC1. The lowest BCUT2D eigenvalue weighted by Crippen LogP contribution is -2.26. The monoisotopic (exact) mass is 300 g/mol. The molecule has 108 valence electrons. The molecule has 0 radical (unpaired) electrons. The van der Waals surface area contributed by atoms with Gasteiger partial charge in [0.15, 0.2) is 5.15 Å². The van der Waals surface area contributed by atoms with Crippen molar-refractivity contribution < 1.29 is 0 Å². The summed E-state index contributed by atoms with van der Waals surface area (Å²) >= 11 is 6.34. The van der Waals surface area contributed by atoms with Gasteiger partial charge in [-0.15, -0.1) is 0 Å². The molecule has 2 aromatic rings. The van der Waals surface area contributed by atoms with E-state index in [2.05, 4.69) is 16.0 Å². The molecule has 1 unspecified atom stereocenters. The molecule has 5 heteroatoms. The molecule has 0 amide bonds. The number of aromatic nitrogens is 2. The van der Waals surface area contributed by atoms with E-state index in [0.29, 0.717) is 5.15 Å². The third kappa shape index (κ3) is 2.55. The summed E-state index contributed by atoms with van der Waals surface area (Å²) in [4.78, 5) is 6.65. The first-order valence-electron chi connectivity index (χ1n) is 7.13. The zero-order valence-corrected chi connectivity index (χ0v) is 12.7. The summed E-state index contributed by atoms with van der Waals surface area (Å²) < 4.78 is 1.95. The lowest BCUT2D eigenvalue weighted by molar-refractivity contribution is 0.286. The van der Waals surface area contributed by atoms with Crippen LogP contribution in [0.1, 0.15) is 24.6 Å². The largest absolute Gasteiger partial charge is 0.327 e. The highest BCUT2D eigenvalue weighted by Crippen LogP contribution is 2.32. The van der Waals surface area contributed by atoms with Gasteiger partial charge in [0.25, 0.3) is 0 Å². The van der Waals surface area contributed by atoms with Gasteiger partial charge in [-0.2, -0.15) is 5.26 Å². The fourth-order valence-electron chi connectivity index (χ4n) is 2.93. The van der Waals surface area contributed by atoms with Gasteiger partial charge in [0.05, 0.1) is 11.8 Å². The predicted octanol–water partition coefficient (Wildman–Crippen LogP) is 3.40. The van der Waals surface area contributed by atoms with Crippen LogP contribution in [-0.4, -0.2) is 27.5 Å². The Morgan fingerprint density at radius 2 is 1.90 bits per heavy atom.